The van der Waals surface area contributed by atoms with E-state index in [1.54, 1.807) is 0 Å². The van der Waals surface area contributed by atoms with Gasteiger partial charge >= 0.3 is 6.03 Å². The minimum Gasteiger partial charge on any atom is -0.335 e. The molecule has 116 valence electrons. The van der Waals surface area contributed by atoms with Crippen molar-refractivity contribution in [3.8, 4) is 0 Å². The molecule has 0 bridgehead atoms. The lowest BCUT2D eigenvalue weighted by molar-refractivity contribution is 0.0849. The monoisotopic (exact) mass is 281 g/mol. The molecule has 0 spiro atoms. The first-order valence-corrected chi connectivity index (χ1v) is 8.50. The van der Waals surface area contributed by atoms with Crippen LogP contribution in [0.5, 0.6) is 0 Å². The van der Waals surface area contributed by atoms with Gasteiger partial charge in [-0.05, 0) is 32.6 Å². The fourth-order valence-electron chi connectivity index (χ4n) is 3.99. The second kappa shape index (κ2) is 7.30. The van der Waals surface area contributed by atoms with Crippen LogP contribution in [0.25, 0.3) is 0 Å². The first-order chi connectivity index (χ1) is 9.72. The van der Waals surface area contributed by atoms with Gasteiger partial charge in [0.25, 0.3) is 0 Å². The van der Waals surface area contributed by atoms with Crippen LogP contribution in [-0.2, 0) is 0 Å². The third-order valence-corrected chi connectivity index (χ3v) is 5.23. The van der Waals surface area contributed by atoms with Crippen LogP contribution in [0.3, 0.4) is 0 Å². The number of hydrogen-bond donors (Lipinski definition) is 2. The van der Waals surface area contributed by atoms with Gasteiger partial charge in [-0.15, -0.1) is 0 Å². The Morgan fingerprint density at radius 3 is 2.30 bits per heavy atom. The van der Waals surface area contributed by atoms with E-state index in [1.807, 2.05) is 4.90 Å². The molecular formula is C16H31N3O. The average Bonchev–Trinajstić information content (AvgIpc) is 2.50. The molecule has 2 aliphatic rings. The van der Waals surface area contributed by atoms with Crippen LogP contribution >= 0.6 is 0 Å². The second-order valence-corrected chi connectivity index (χ2v) is 6.52. The summed E-state index contributed by atoms with van der Waals surface area (Å²) < 4.78 is 0. The SMILES string of the molecule is CCN(C(=O)NC1CCCCC1)C1(CN)CCCCC1. The summed E-state index contributed by atoms with van der Waals surface area (Å²) in [5.74, 6) is 0. The van der Waals surface area contributed by atoms with Gasteiger partial charge in [0, 0.05) is 19.1 Å². The van der Waals surface area contributed by atoms with Crippen LogP contribution in [0, 0.1) is 0 Å². The summed E-state index contributed by atoms with van der Waals surface area (Å²) in [6.07, 6.45) is 11.9. The molecule has 0 aromatic heterocycles. The number of rotatable bonds is 4. The van der Waals surface area contributed by atoms with Crippen molar-refractivity contribution in [3.05, 3.63) is 0 Å². The smallest absolute Gasteiger partial charge is 0.318 e. The zero-order valence-corrected chi connectivity index (χ0v) is 13.0. The molecule has 3 N–H and O–H groups in total. The summed E-state index contributed by atoms with van der Waals surface area (Å²) in [5.41, 5.74) is 5.97. The number of nitrogens with one attached hydrogen (secondary N) is 1. The van der Waals surface area contributed by atoms with E-state index in [4.69, 9.17) is 5.73 Å². The fourth-order valence-corrected chi connectivity index (χ4v) is 3.99. The Labute approximate surface area is 123 Å². The van der Waals surface area contributed by atoms with Gasteiger partial charge < -0.3 is 16.0 Å². The molecule has 0 aromatic carbocycles. The molecular weight excluding hydrogens is 250 g/mol. The number of nitrogens with two attached hydrogens (primary N) is 1. The Bertz CT molecular complexity index is 307. The fraction of sp³-hybridized carbons (Fsp3) is 0.938. The van der Waals surface area contributed by atoms with Gasteiger partial charge in [0.2, 0.25) is 0 Å². The molecule has 20 heavy (non-hydrogen) atoms. The molecule has 2 saturated carbocycles. The number of nitrogens with zero attached hydrogens (tertiary/aromatic N) is 1. The maximum absolute atomic E-state index is 12.7. The van der Waals surface area contributed by atoms with Crippen molar-refractivity contribution in [3.63, 3.8) is 0 Å². The lowest BCUT2D eigenvalue weighted by Gasteiger charge is -2.46. The molecule has 0 saturated heterocycles. The normalized spacial score (nSPS) is 23.3. The van der Waals surface area contributed by atoms with Crippen molar-refractivity contribution in [1.29, 1.82) is 0 Å². The molecule has 0 atom stereocenters. The second-order valence-electron chi connectivity index (χ2n) is 6.52. The summed E-state index contributed by atoms with van der Waals surface area (Å²) in [4.78, 5) is 14.7. The number of amides is 2. The largest absolute Gasteiger partial charge is 0.335 e. The molecule has 2 aliphatic carbocycles. The number of hydrogen-bond acceptors (Lipinski definition) is 2. The van der Waals surface area contributed by atoms with Gasteiger partial charge in [-0.2, -0.15) is 0 Å². The zero-order chi connectivity index (χ0) is 14.4. The van der Waals surface area contributed by atoms with Crippen molar-refractivity contribution in [2.24, 2.45) is 5.73 Å². The van der Waals surface area contributed by atoms with Crippen molar-refractivity contribution in [1.82, 2.24) is 10.2 Å². The van der Waals surface area contributed by atoms with Crippen LogP contribution in [0.2, 0.25) is 0 Å². The Morgan fingerprint density at radius 2 is 1.75 bits per heavy atom. The number of urea groups is 1. The van der Waals surface area contributed by atoms with E-state index < -0.39 is 0 Å². The van der Waals surface area contributed by atoms with Gasteiger partial charge in [0.15, 0.2) is 0 Å². The number of carbonyl (C=O) groups excluding carboxylic acids is 1. The summed E-state index contributed by atoms with van der Waals surface area (Å²) >= 11 is 0. The summed E-state index contributed by atoms with van der Waals surface area (Å²) in [6.45, 7) is 3.43. The van der Waals surface area contributed by atoms with E-state index in [9.17, 15) is 4.79 Å². The summed E-state index contributed by atoms with van der Waals surface area (Å²) in [6, 6.07) is 0.496. The number of likely N-dealkylation sites (N-methyl/N-ethyl adjacent to an activating group) is 1. The van der Waals surface area contributed by atoms with E-state index in [0.717, 1.165) is 32.2 Å². The predicted octanol–water partition coefficient (Wildman–Crippen LogP) is 3.01. The van der Waals surface area contributed by atoms with Crippen molar-refractivity contribution >= 4 is 6.03 Å². The molecule has 0 radical (unpaired) electrons. The van der Waals surface area contributed by atoms with Gasteiger partial charge in [0.1, 0.15) is 0 Å². The van der Waals surface area contributed by atoms with E-state index in [-0.39, 0.29) is 11.6 Å². The highest BCUT2D eigenvalue weighted by Crippen LogP contribution is 2.33. The average molecular weight is 281 g/mol. The molecule has 2 fully saturated rings. The van der Waals surface area contributed by atoms with Gasteiger partial charge in [0.05, 0.1) is 5.54 Å². The van der Waals surface area contributed by atoms with Crippen LogP contribution in [0.4, 0.5) is 4.79 Å². The summed E-state index contributed by atoms with van der Waals surface area (Å²) in [7, 11) is 0. The lowest BCUT2D eigenvalue weighted by Crippen LogP contribution is -2.60. The Balaban J connectivity index is 1.99. The van der Waals surface area contributed by atoms with Crippen LogP contribution in [0.15, 0.2) is 0 Å². The zero-order valence-electron chi connectivity index (χ0n) is 13.0. The van der Waals surface area contributed by atoms with Crippen LogP contribution in [0.1, 0.15) is 71.1 Å². The molecule has 0 heterocycles. The maximum atomic E-state index is 12.7. The quantitative estimate of drug-likeness (QED) is 0.832. The van der Waals surface area contributed by atoms with E-state index in [2.05, 4.69) is 12.2 Å². The summed E-state index contributed by atoms with van der Waals surface area (Å²) in [5, 5.41) is 3.26. The molecule has 4 heteroatoms. The topological polar surface area (TPSA) is 58.4 Å². The first kappa shape index (κ1) is 15.6. The molecule has 4 nitrogen and oxygen atoms in total. The standard InChI is InChI=1S/C16H31N3O/c1-2-19(16(13-17)11-7-4-8-12-16)15(20)18-14-9-5-3-6-10-14/h14H,2-13,17H2,1H3,(H,18,20). The van der Waals surface area contributed by atoms with Gasteiger partial charge in [-0.3, -0.25) is 0 Å². The van der Waals surface area contributed by atoms with Crippen molar-refractivity contribution in [2.45, 2.75) is 82.7 Å². The number of carbonyl (C=O) groups is 1. The first-order valence-electron chi connectivity index (χ1n) is 8.50. The third kappa shape index (κ3) is 3.46. The van der Waals surface area contributed by atoms with Gasteiger partial charge in [-0.1, -0.05) is 38.5 Å². The Hall–Kier alpha value is -0.770. The van der Waals surface area contributed by atoms with E-state index in [1.165, 1.54) is 38.5 Å². The van der Waals surface area contributed by atoms with E-state index >= 15 is 0 Å². The predicted molar refractivity (Wildman–Crippen MR) is 82.7 cm³/mol. The van der Waals surface area contributed by atoms with Crippen LogP contribution in [-0.4, -0.2) is 35.6 Å². The molecule has 2 rings (SSSR count). The lowest BCUT2D eigenvalue weighted by atomic mass is 9.80. The van der Waals surface area contributed by atoms with Crippen molar-refractivity contribution < 1.29 is 4.79 Å². The molecule has 0 unspecified atom stereocenters. The maximum Gasteiger partial charge on any atom is 0.318 e. The van der Waals surface area contributed by atoms with Gasteiger partial charge in [-0.25, -0.2) is 4.79 Å². The Kier molecular flexibility index (Phi) is 5.70. The molecule has 2 amide bonds. The highest BCUT2D eigenvalue weighted by Gasteiger charge is 2.39. The van der Waals surface area contributed by atoms with Crippen molar-refractivity contribution in [2.75, 3.05) is 13.1 Å². The van der Waals surface area contributed by atoms with E-state index in [0.29, 0.717) is 12.6 Å². The molecule has 0 aliphatic heterocycles. The highest BCUT2D eigenvalue weighted by atomic mass is 16.2. The third-order valence-electron chi connectivity index (χ3n) is 5.23. The molecule has 0 aromatic rings. The van der Waals surface area contributed by atoms with Crippen LogP contribution < -0.4 is 11.1 Å². The Morgan fingerprint density at radius 1 is 1.15 bits per heavy atom. The minimum absolute atomic E-state index is 0.0915. The highest BCUT2D eigenvalue weighted by molar-refractivity contribution is 5.75. The minimum atomic E-state index is -0.0915.